The van der Waals surface area contributed by atoms with Gasteiger partial charge in [0.25, 0.3) is 0 Å². The van der Waals surface area contributed by atoms with Gasteiger partial charge >= 0.3 is 6.18 Å². The monoisotopic (exact) mass is 236 g/mol. The van der Waals surface area contributed by atoms with Crippen molar-refractivity contribution in [2.75, 3.05) is 6.61 Å². The molecule has 1 rings (SSSR count). The van der Waals surface area contributed by atoms with Gasteiger partial charge in [0.2, 0.25) is 0 Å². The highest BCUT2D eigenvalue weighted by Crippen LogP contribution is 2.30. The first kappa shape index (κ1) is 11.9. The summed E-state index contributed by atoms with van der Waals surface area (Å²) < 4.78 is 40.1. The van der Waals surface area contributed by atoms with Crippen LogP contribution in [0.2, 0.25) is 5.02 Å². The van der Waals surface area contributed by atoms with Crippen molar-refractivity contribution in [2.24, 2.45) is 0 Å². The number of hydrogen-bond acceptors (Lipinski definition) is 1. The Kier molecular flexibility index (Phi) is 3.63. The smallest absolute Gasteiger partial charge is 0.422 e. The van der Waals surface area contributed by atoms with Crippen LogP contribution >= 0.6 is 11.6 Å². The molecule has 1 aromatic rings. The molecule has 1 aromatic carbocycles. The maximum Gasteiger partial charge on any atom is 0.422 e. The third-order valence-electron chi connectivity index (χ3n) is 1.60. The van der Waals surface area contributed by atoms with E-state index in [-0.39, 0.29) is 10.8 Å². The second-order valence-corrected chi connectivity index (χ2v) is 3.15. The molecule has 0 aliphatic rings. The van der Waals surface area contributed by atoms with E-state index >= 15 is 0 Å². The fourth-order valence-electron chi connectivity index (χ4n) is 0.956. The SMILES string of the molecule is C=Cc1cccc(OCC(F)(F)F)c1Cl. The Morgan fingerprint density at radius 3 is 2.60 bits per heavy atom. The summed E-state index contributed by atoms with van der Waals surface area (Å²) in [5.41, 5.74) is 0.538. The minimum absolute atomic E-state index is 0.00592. The molecule has 5 heteroatoms. The van der Waals surface area contributed by atoms with Gasteiger partial charge in [0.1, 0.15) is 5.75 Å². The normalized spacial score (nSPS) is 11.2. The van der Waals surface area contributed by atoms with Gasteiger partial charge in [-0.05, 0) is 11.6 Å². The topological polar surface area (TPSA) is 9.23 Å². The van der Waals surface area contributed by atoms with Crippen LogP contribution in [0.15, 0.2) is 24.8 Å². The average molecular weight is 237 g/mol. The second-order valence-electron chi connectivity index (χ2n) is 2.77. The summed E-state index contributed by atoms with van der Waals surface area (Å²) in [5, 5.41) is 0.136. The number of hydrogen-bond donors (Lipinski definition) is 0. The number of benzene rings is 1. The fraction of sp³-hybridized carbons (Fsp3) is 0.200. The molecule has 0 aromatic heterocycles. The lowest BCUT2D eigenvalue weighted by Gasteiger charge is -2.11. The summed E-state index contributed by atoms with van der Waals surface area (Å²) in [6, 6.07) is 4.56. The average Bonchev–Trinajstić information content (AvgIpc) is 2.15. The van der Waals surface area contributed by atoms with Crippen LogP contribution in [0.1, 0.15) is 5.56 Å². The molecule has 0 amide bonds. The van der Waals surface area contributed by atoms with Gasteiger partial charge in [-0.2, -0.15) is 13.2 Å². The molecule has 0 radical (unpaired) electrons. The maximum atomic E-state index is 11.9. The predicted octanol–water partition coefficient (Wildman–Crippen LogP) is 3.92. The summed E-state index contributed by atoms with van der Waals surface area (Å²) in [4.78, 5) is 0. The van der Waals surface area contributed by atoms with Gasteiger partial charge in [-0.1, -0.05) is 36.4 Å². The van der Waals surface area contributed by atoms with Gasteiger partial charge in [-0.3, -0.25) is 0 Å². The van der Waals surface area contributed by atoms with Crippen LogP contribution < -0.4 is 4.74 Å². The first-order valence-electron chi connectivity index (χ1n) is 4.04. The van der Waals surface area contributed by atoms with Crippen LogP contribution in [0.4, 0.5) is 13.2 Å². The number of halogens is 4. The minimum atomic E-state index is -4.37. The third kappa shape index (κ3) is 3.47. The predicted molar refractivity (Wildman–Crippen MR) is 53.1 cm³/mol. The zero-order chi connectivity index (χ0) is 11.5. The standard InChI is InChI=1S/C10H8ClF3O/c1-2-7-4-3-5-8(9(7)11)15-6-10(12,13)14/h2-5H,1,6H2. The number of alkyl halides is 3. The molecule has 0 aliphatic heterocycles. The molecule has 0 spiro atoms. The summed E-state index contributed by atoms with van der Waals surface area (Å²) >= 11 is 5.77. The fourth-order valence-corrected chi connectivity index (χ4v) is 1.21. The molecule has 0 aliphatic carbocycles. The Labute approximate surface area is 90.1 Å². The molecule has 0 saturated carbocycles. The molecule has 0 N–H and O–H groups in total. The van der Waals surface area contributed by atoms with Crippen LogP contribution in [0, 0.1) is 0 Å². The lowest BCUT2D eigenvalue weighted by atomic mass is 10.2. The molecular formula is C10H8ClF3O. The van der Waals surface area contributed by atoms with Crippen molar-refractivity contribution in [1.29, 1.82) is 0 Å². The van der Waals surface area contributed by atoms with Gasteiger partial charge in [0, 0.05) is 0 Å². The molecule has 0 heterocycles. The van der Waals surface area contributed by atoms with E-state index in [2.05, 4.69) is 11.3 Å². The summed E-state index contributed by atoms with van der Waals surface area (Å²) in [6.45, 7) is 2.13. The summed E-state index contributed by atoms with van der Waals surface area (Å²) in [6.07, 6.45) is -2.92. The van der Waals surface area contributed by atoms with Crippen molar-refractivity contribution in [3.05, 3.63) is 35.4 Å². The molecule has 0 fully saturated rings. The van der Waals surface area contributed by atoms with E-state index in [1.807, 2.05) is 0 Å². The first-order chi connectivity index (χ1) is 6.94. The first-order valence-corrected chi connectivity index (χ1v) is 4.42. The Morgan fingerprint density at radius 1 is 1.40 bits per heavy atom. The summed E-state index contributed by atoms with van der Waals surface area (Å²) in [7, 11) is 0. The van der Waals surface area contributed by atoms with Gasteiger partial charge in [-0.15, -0.1) is 0 Å². The van der Waals surface area contributed by atoms with Crippen molar-refractivity contribution >= 4 is 17.7 Å². The Hall–Kier alpha value is -1.16. The Morgan fingerprint density at radius 2 is 2.07 bits per heavy atom. The van der Waals surface area contributed by atoms with Gasteiger partial charge in [-0.25, -0.2) is 0 Å². The zero-order valence-electron chi connectivity index (χ0n) is 7.64. The van der Waals surface area contributed by atoms with E-state index in [0.29, 0.717) is 5.56 Å². The third-order valence-corrected chi connectivity index (χ3v) is 2.01. The van der Waals surface area contributed by atoms with Gasteiger partial charge < -0.3 is 4.74 Å². The van der Waals surface area contributed by atoms with E-state index in [9.17, 15) is 13.2 Å². The van der Waals surface area contributed by atoms with E-state index < -0.39 is 12.8 Å². The summed E-state index contributed by atoms with van der Waals surface area (Å²) in [5.74, 6) is 0.00592. The molecule has 15 heavy (non-hydrogen) atoms. The van der Waals surface area contributed by atoms with E-state index in [1.165, 1.54) is 12.1 Å². The second kappa shape index (κ2) is 4.57. The van der Waals surface area contributed by atoms with E-state index in [0.717, 1.165) is 0 Å². The molecule has 0 bridgehead atoms. The highest BCUT2D eigenvalue weighted by atomic mass is 35.5. The van der Waals surface area contributed by atoms with Crippen LogP contribution in [0.25, 0.3) is 6.08 Å². The van der Waals surface area contributed by atoms with E-state index in [4.69, 9.17) is 11.6 Å². The quantitative estimate of drug-likeness (QED) is 0.773. The molecule has 82 valence electrons. The van der Waals surface area contributed by atoms with Crippen LogP contribution in [-0.4, -0.2) is 12.8 Å². The van der Waals surface area contributed by atoms with Gasteiger partial charge in [0.05, 0.1) is 5.02 Å². The van der Waals surface area contributed by atoms with Crippen molar-refractivity contribution in [3.63, 3.8) is 0 Å². The molecule has 0 saturated heterocycles. The van der Waals surface area contributed by atoms with Crippen LogP contribution in [0.3, 0.4) is 0 Å². The van der Waals surface area contributed by atoms with Crippen molar-refractivity contribution < 1.29 is 17.9 Å². The van der Waals surface area contributed by atoms with Gasteiger partial charge in [0.15, 0.2) is 6.61 Å². The lowest BCUT2D eigenvalue weighted by molar-refractivity contribution is -0.153. The van der Waals surface area contributed by atoms with Crippen molar-refractivity contribution in [3.8, 4) is 5.75 Å². The Balaban J connectivity index is 2.82. The number of ether oxygens (including phenoxy) is 1. The highest BCUT2D eigenvalue weighted by molar-refractivity contribution is 6.33. The molecule has 0 atom stereocenters. The van der Waals surface area contributed by atoms with Crippen molar-refractivity contribution in [1.82, 2.24) is 0 Å². The molecule has 1 nitrogen and oxygen atoms in total. The molecular weight excluding hydrogens is 229 g/mol. The van der Waals surface area contributed by atoms with Crippen molar-refractivity contribution in [2.45, 2.75) is 6.18 Å². The number of rotatable bonds is 3. The van der Waals surface area contributed by atoms with Crippen LogP contribution in [0.5, 0.6) is 5.75 Å². The minimum Gasteiger partial charge on any atom is -0.483 e. The lowest BCUT2D eigenvalue weighted by Crippen LogP contribution is -2.19. The highest BCUT2D eigenvalue weighted by Gasteiger charge is 2.28. The Bertz CT molecular complexity index is 360. The van der Waals surface area contributed by atoms with E-state index in [1.54, 1.807) is 12.1 Å². The largest absolute Gasteiger partial charge is 0.483 e. The zero-order valence-corrected chi connectivity index (χ0v) is 8.40. The van der Waals surface area contributed by atoms with Crippen LogP contribution in [-0.2, 0) is 0 Å². The maximum absolute atomic E-state index is 11.9. The molecule has 0 unspecified atom stereocenters.